The van der Waals surface area contributed by atoms with Crippen molar-refractivity contribution in [2.24, 2.45) is 10.2 Å². The van der Waals surface area contributed by atoms with Crippen molar-refractivity contribution in [1.82, 2.24) is 4.90 Å². The summed E-state index contributed by atoms with van der Waals surface area (Å²) in [5.74, 6) is 0.233. The van der Waals surface area contributed by atoms with Gasteiger partial charge in [0.25, 0.3) is 17.5 Å². The smallest absolute Gasteiger partial charge is 0.269 e. The predicted octanol–water partition coefficient (Wildman–Crippen LogP) is 7.13. The van der Waals surface area contributed by atoms with Crippen molar-refractivity contribution in [3.63, 3.8) is 0 Å². The Kier molecular flexibility index (Phi) is 9.89. The molecule has 2 heterocycles. The maximum Gasteiger partial charge on any atom is 0.269 e. The molecule has 5 rings (SSSR count). The fraction of sp³-hybridized carbons (Fsp3) is 0.0667. The molecule has 1 saturated heterocycles. The molecule has 0 bridgehead atoms. The zero-order valence-electron chi connectivity index (χ0n) is 22.6. The highest BCUT2D eigenvalue weighted by Crippen LogP contribution is 2.36. The number of carbonyl (C=O) groups excluding carboxylic acids is 2. The van der Waals surface area contributed by atoms with Gasteiger partial charge >= 0.3 is 0 Å². The number of nitro benzene ring substituents is 1. The average Bonchev–Trinajstić information content (AvgIpc) is 3.62. The summed E-state index contributed by atoms with van der Waals surface area (Å²) in [6, 6.07) is 21.2. The molecule has 0 spiro atoms. The third kappa shape index (κ3) is 8.01. The SMILES string of the molecule is O=C(COc1ccc(Br)cc1/C=C1\S/C(=N/N=C\c2ccc([N+](=O)[O-])cc2)N(Cc2ccco2)C1=O)Nc1ccc(Cl)cc1. The Balaban J connectivity index is 1.36. The molecular weight excluding hydrogens is 674 g/mol. The number of rotatable bonds is 10. The lowest BCUT2D eigenvalue weighted by molar-refractivity contribution is -0.384. The van der Waals surface area contributed by atoms with Crippen LogP contribution in [0.5, 0.6) is 5.75 Å². The molecule has 14 heteroatoms. The Morgan fingerprint density at radius 3 is 2.61 bits per heavy atom. The summed E-state index contributed by atoms with van der Waals surface area (Å²) < 4.78 is 12.0. The Labute approximate surface area is 268 Å². The number of hydrogen-bond donors (Lipinski definition) is 1. The van der Waals surface area contributed by atoms with E-state index in [0.717, 1.165) is 16.2 Å². The monoisotopic (exact) mass is 693 g/mol. The molecule has 3 aromatic carbocycles. The number of thioether (sulfide) groups is 1. The van der Waals surface area contributed by atoms with Crippen LogP contribution in [-0.2, 0) is 16.1 Å². The second-order valence-electron chi connectivity index (χ2n) is 9.08. The number of ether oxygens (including phenoxy) is 1. The second kappa shape index (κ2) is 14.2. The number of anilines is 1. The van der Waals surface area contributed by atoms with Gasteiger partial charge in [0.05, 0.1) is 28.9 Å². The molecule has 44 heavy (non-hydrogen) atoms. The lowest BCUT2D eigenvalue weighted by Gasteiger charge is -2.13. The van der Waals surface area contributed by atoms with Crippen LogP contribution in [0.4, 0.5) is 11.4 Å². The van der Waals surface area contributed by atoms with Crippen molar-refractivity contribution in [3.05, 3.63) is 127 Å². The number of hydrogen-bond acceptors (Lipinski definition) is 9. The zero-order valence-corrected chi connectivity index (χ0v) is 25.7. The van der Waals surface area contributed by atoms with E-state index in [-0.39, 0.29) is 30.7 Å². The summed E-state index contributed by atoms with van der Waals surface area (Å²) >= 11 is 10.5. The third-order valence-corrected chi connectivity index (χ3v) is 7.72. The summed E-state index contributed by atoms with van der Waals surface area (Å²) in [7, 11) is 0. The predicted molar refractivity (Wildman–Crippen MR) is 173 cm³/mol. The molecule has 0 unspecified atom stereocenters. The van der Waals surface area contributed by atoms with E-state index in [9.17, 15) is 19.7 Å². The zero-order chi connectivity index (χ0) is 31.1. The molecule has 4 aromatic rings. The van der Waals surface area contributed by atoms with E-state index in [4.69, 9.17) is 20.8 Å². The van der Waals surface area contributed by atoms with Crippen molar-refractivity contribution in [2.75, 3.05) is 11.9 Å². The number of amidine groups is 1. The number of nitrogens with one attached hydrogen (secondary N) is 1. The van der Waals surface area contributed by atoms with Gasteiger partial charge in [0.15, 0.2) is 11.8 Å². The number of benzene rings is 3. The first-order valence-electron chi connectivity index (χ1n) is 12.8. The van der Waals surface area contributed by atoms with Crippen LogP contribution in [0.3, 0.4) is 0 Å². The molecule has 1 aliphatic heterocycles. The molecule has 1 fully saturated rings. The summed E-state index contributed by atoms with van der Waals surface area (Å²) in [5.41, 5.74) is 1.69. The van der Waals surface area contributed by atoms with Gasteiger partial charge in [-0.3, -0.25) is 24.6 Å². The molecule has 0 radical (unpaired) electrons. The van der Waals surface area contributed by atoms with Crippen LogP contribution in [-0.4, -0.2) is 39.6 Å². The van der Waals surface area contributed by atoms with Crippen molar-refractivity contribution in [2.45, 2.75) is 6.54 Å². The molecule has 1 aromatic heterocycles. The molecule has 0 aliphatic carbocycles. The van der Waals surface area contributed by atoms with Crippen LogP contribution in [0.1, 0.15) is 16.9 Å². The molecule has 0 saturated carbocycles. The average molecular weight is 695 g/mol. The lowest BCUT2D eigenvalue weighted by Crippen LogP contribution is -2.28. The molecule has 1 N–H and O–H groups in total. The van der Waals surface area contributed by atoms with Crippen LogP contribution in [0.25, 0.3) is 6.08 Å². The number of nitrogens with zero attached hydrogens (tertiary/aromatic N) is 4. The van der Waals surface area contributed by atoms with Crippen LogP contribution in [0, 0.1) is 10.1 Å². The van der Waals surface area contributed by atoms with E-state index < -0.39 is 4.92 Å². The minimum Gasteiger partial charge on any atom is -0.483 e. The highest BCUT2D eigenvalue weighted by molar-refractivity contribution is 9.10. The summed E-state index contributed by atoms with van der Waals surface area (Å²) in [5, 5.41) is 22.9. The molecule has 11 nitrogen and oxygen atoms in total. The maximum atomic E-state index is 13.5. The van der Waals surface area contributed by atoms with Crippen molar-refractivity contribution in [3.8, 4) is 5.75 Å². The number of non-ortho nitro benzene ring substituents is 1. The molecule has 1 aliphatic rings. The lowest BCUT2D eigenvalue weighted by atomic mass is 10.2. The third-order valence-electron chi connectivity index (χ3n) is 5.98. The van der Waals surface area contributed by atoms with Crippen LogP contribution in [0.2, 0.25) is 5.02 Å². The van der Waals surface area contributed by atoms with Crippen molar-refractivity contribution >= 4 is 79.9 Å². The first-order chi connectivity index (χ1) is 21.2. The Morgan fingerprint density at radius 1 is 1.14 bits per heavy atom. The maximum absolute atomic E-state index is 13.5. The molecule has 2 amide bonds. The van der Waals surface area contributed by atoms with Crippen molar-refractivity contribution in [1.29, 1.82) is 0 Å². The van der Waals surface area contributed by atoms with Crippen LogP contribution >= 0.6 is 39.3 Å². The number of furan rings is 1. The molecule has 0 atom stereocenters. The van der Waals surface area contributed by atoms with Crippen molar-refractivity contribution < 1.29 is 23.7 Å². The van der Waals surface area contributed by atoms with Gasteiger partial charge < -0.3 is 14.5 Å². The van der Waals surface area contributed by atoms with E-state index in [0.29, 0.717) is 43.4 Å². The van der Waals surface area contributed by atoms with Gasteiger partial charge in [-0.1, -0.05) is 27.5 Å². The van der Waals surface area contributed by atoms with E-state index in [2.05, 4.69) is 31.4 Å². The number of amides is 2. The Bertz CT molecular complexity index is 1780. The highest BCUT2D eigenvalue weighted by atomic mass is 79.9. The van der Waals surface area contributed by atoms with Gasteiger partial charge in [0.1, 0.15) is 11.5 Å². The summed E-state index contributed by atoms with van der Waals surface area (Å²) in [4.78, 5) is 38.2. The van der Waals surface area contributed by atoms with Gasteiger partial charge in [-0.25, -0.2) is 0 Å². The van der Waals surface area contributed by atoms with Gasteiger partial charge in [-0.15, -0.1) is 5.10 Å². The Hall–Kier alpha value is -4.72. The normalized spacial score (nSPS) is 15.0. The fourth-order valence-corrected chi connectivity index (χ4v) is 5.32. The van der Waals surface area contributed by atoms with Gasteiger partial charge in [0.2, 0.25) is 0 Å². The van der Waals surface area contributed by atoms with E-state index in [1.807, 2.05) is 0 Å². The summed E-state index contributed by atoms with van der Waals surface area (Å²) in [6.45, 7) is -0.148. The standard InChI is InChI=1S/C30H21BrClN5O6S/c31-21-5-12-26(43-18-28(38)34-23-8-6-22(32)7-9-23)20(14-21)15-27-29(39)36(17-25-2-1-13-42-25)30(44-27)35-33-16-19-3-10-24(11-4-19)37(40)41/h1-16H,17-18H2,(H,34,38)/b27-15-,33-16-,35-30+. The van der Waals surface area contributed by atoms with Gasteiger partial charge in [0, 0.05) is 32.9 Å². The minimum absolute atomic E-state index is 0.0390. The number of halogens is 2. The first-order valence-corrected chi connectivity index (χ1v) is 14.8. The quantitative estimate of drug-likeness (QED) is 0.0806. The largest absolute Gasteiger partial charge is 0.483 e. The highest BCUT2D eigenvalue weighted by Gasteiger charge is 2.34. The van der Waals surface area contributed by atoms with Gasteiger partial charge in [-0.2, -0.15) is 5.10 Å². The Morgan fingerprint density at radius 2 is 1.91 bits per heavy atom. The molecule has 222 valence electrons. The number of nitro groups is 1. The molecular formula is C30H21BrClN5O6S. The van der Waals surface area contributed by atoms with E-state index in [1.54, 1.807) is 72.8 Å². The number of carbonyl (C=O) groups is 2. The topological polar surface area (TPSA) is 140 Å². The van der Waals surface area contributed by atoms with Crippen LogP contribution in [0.15, 0.2) is 109 Å². The van der Waals surface area contributed by atoms with E-state index >= 15 is 0 Å². The van der Waals surface area contributed by atoms with Crippen LogP contribution < -0.4 is 10.1 Å². The second-order valence-corrected chi connectivity index (χ2v) is 11.4. The summed E-state index contributed by atoms with van der Waals surface area (Å²) in [6.07, 6.45) is 4.60. The minimum atomic E-state index is -0.486. The first kappa shape index (κ1) is 30.7. The van der Waals surface area contributed by atoms with E-state index in [1.165, 1.54) is 29.5 Å². The fourth-order valence-electron chi connectivity index (χ4n) is 3.89. The van der Waals surface area contributed by atoms with Gasteiger partial charge in [-0.05, 0) is 90.1 Å².